The monoisotopic (exact) mass is 416 g/mol. The molecule has 1 N–H and O–H groups in total. The summed E-state index contributed by atoms with van der Waals surface area (Å²) in [6.45, 7) is 3.94. The number of tetrazole rings is 1. The van der Waals surface area contributed by atoms with Crippen molar-refractivity contribution < 1.29 is 9.53 Å². The summed E-state index contributed by atoms with van der Waals surface area (Å²) < 4.78 is 6.62. The van der Waals surface area contributed by atoms with Crippen LogP contribution in [0.1, 0.15) is 12.5 Å². The molecule has 1 heterocycles. The first-order valence-electron chi connectivity index (χ1n) is 8.36. The van der Waals surface area contributed by atoms with Crippen LogP contribution in [0, 0.1) is 6.92 Å². The molecule has 1 aromatic heterocycles. The minimum Gasteiger partial charge on any atom is -0.461 e. The number of thioether (sulfide) groups is 1. The molecule has 0 amide bonds. The molecule has 3 rings (SSSR count). The molecule has 0 aliphatic rings. The maximum Gasteiger partial charge on any atom is 0.365 e. The lowest BCUT2D eigenvalue weighted by molar-refractivity contribution is -0.134. The third-order valence-corrected chi connectivity index (χ3v) is 4.59. The standard InChI is InChI=1S/C18H17ClN6O2S/c1-3-27-17(26)16(21-20-14-6-4-5-13(19)11-14)28-18-22-23-24-25(18)15-9-7-12(2)8-10-15/h4-11,20H,3H2,1-2H3. The highest BCUT2D eigenvalue weighted by atomic mass is 35.5. The van der Waals surface area contributed by atoms with E-state index in [1.54, 1.807) is 31.2 Å². The van der Waals surface area contributed by atoms with Gasteiger partial charge in [-0.25, -0.2) is 4.79 Å². The number of rotatable bonds is 5. The van der Waals surface area contributed by atoms with Crippen LogP contribution in [0.25, 0.3) is 5.69 Å². The molecule has 0 radical (unpaired) electrons. The van der Waals surface area contributed by atoms with Crippen molar-refractivity contribution in [1.29, 1.82) is 0 Å². The van der Waals surface area contributed by atoms with Crippen molar-refractivity contribution in [2.75, 3.05) is 12.0 Å². The van der Waals surface area contributed by atoms with Gasteiger partial charge in [0.2, 0.25) is 10.2 Å². The Morgan fingerprint density at radius 2 is 2.07 bits per heavy atom. The van der Waals surface area contributed by atoms with E-state index in [-0.39, 0.29) is 11.7 Å². The largest absolute Gasteiger partial charge is 0.461 e. The third-order valence-electron chi connectivity index (χ3n) is 3.47. The quantitative estimate of drug-likeness (QED) is 0.223. The van der Waals surface area contributed by atoms with Gasteiger partial charge >= 0.3 is 5.97 Å². The van der Waals surface area contributed by atoms with Gasteiger partial charge in [0.05, 0.1) is 18.0 Å². The van der Waals surface area contributed by atoms with Crippen molar-refractivity contribution in [3.8, 4) is 5.69 Å². The molecule has 0 spiro atoms. The number of hydrogen-bond donors (Lipinski definition) is 1. The number of benzene rings is 2. The second-order valence-electron chi connectivity index (χ2n) is 5.57. The number of anilines is 1. The van der Waals surface area contributed by atoms with Crippen LogP contribution in [0.2, 0.25) is 5.02 Å². The number of carbonyl (C=O) groups is 1. The maximum atomic E-state index is 12.3. The Bertz CT molecular complexity index is 990. The van der Waals surface area contributed by atoms with Gasteiger partial charge in [-0.05, 0) is 66.4 Å². The average molecular weight is 417 g/mol. The molecule has 0 saturated heterocycles. The van der Waals surface area contributed by atoms with E-state index in [9.17, 15) is 4.79 Å². The van der Waals surface area contributed by atoms with Gasteiger partial charge in [0.25, 0.3) is 0 Å². The number of hydrazone groups is 1. The third kappa shape index (κ3) is 5.08. The minimum absolute atomic E-state index is 0.0602. The average Bonchev–Trinajstić information content (AvgIpc) is 3.14. The second-order valence-corrected chi connectivity index (χ2v) is 6.96. The molecule has 0 atom stereocenters. The summed E-state index contributed by atoms with van der Waals surface area (Å²) in [5.41, 5.74) is 5.32. The first kappa shape index (κ1) is 19.8. The highest BCUT2D eigenvalue weighted by Crippen LogP contribution is 2.22. The fourth-order valence-corrected chi connectivity index (χ4v) is 3.06. The number of ether oxygens (including phenoxy) is 1. The molecule has 144 valence electrons. The summed E-state index contributed by atoms with van der Waals surface area (Å²) >= 11 is 6.97. The van der Waals surface area contributed by atoms with Crippen LogP contribution < -0.4 is 5.43 Å². The summed E-state index contributed by atoms with van der Waals surface area (Å²) in [6.07, 6.45) is 0. The Labute approximate surface area is 170 Å². The van der Waals surface area contributed by atoms with Gasteiger partial charge < -0.3 is 4.74 Å². The molecule has 8 nitrogen and oxygen atoms in total. The van der Waals surface area contributed by atoms with E-state index in [1.165, 1.54) is 4.68 Å². The molecule has 0 unspecified atom stereocenters. The van der Waals surface area contributed by atoms with Crippen molar-refractivity contribution >= 4 is 40.1 Å². The Kier molecular flexibility index (Phi) is 6.62. The normalized spacial score (nSPS) is 11.3. The molecule has 0 aliphatic heterocycles. The zero-order chi connectivity index (χ0) is 19.9. The number of nitrogens with zero attached hydrogens (tertiary/aromatic N) is 5. The van der Waals surface area contributed by atoms with Gasteiger partial charge in [-0.3, -0.25) is 5.43 Å². The lowest BCUT2D eigenvalue weighted by Crippen LogP contribution is -2.17. The van der Waals surface area contributed by atoms with E-state index in [4.69, 9.17) is 16.3 Å². The summed E-state index contributed by atoms with van der Waals surface area (Å²) in [5, 5.41) is 16.8. The number of aromatic nitrogens is 4. The summed E-state index contributed by atoms with van der Waals surface area (Å²) in [7, 11) is 0. The Morgan fingerprint density at radius 3 is 2.79 bits per heavy atom. The van der Waals surface area contributed by atoms with E-state index in [0.29, 0.717) is 15.9 Å². The minimum atomic E-state index is -0.583. The molecule has 0 aliphatic carbocycles. The number of aryl methyl sites for hydroxylation is 1. The van der Waals surface area contributed by atoms with E-state index < -0.39 is 5.97 Å². The van der Waals surface area contributed by atoms with Crippen LogP contribution in [0.5, 0.6) is 0 Å². The van der Waals surface area contributed by atoms with Gasteiger partial charge in [-0.15, -0.1) is 5.10 Å². The molecular formula is C18H17ClN6O2S. The van der Waals surface area contributed by atoms with Crippen molar-refractivity contribution in [2.24, 2.45) is 5.10 Å². The smallest absolute Gasteiger partial charge is 0.365 e. The van der Waals surface area contributed by atoms with Gasteiger partial charge in [0, 0.05) is 5.02 Å². The fraction of sp³-hybridized carbons (Fsp3) is 0.167. The zero-order valence-corrected chi connectivity index (χ0v) is 16.7. The highest BCUT2D eigenvalue weighted by molar-refractivity contribution is 8.15. The Hall–Kier alpha value is -2.91. The van der Waals surface area contributed by atoms with Crippen LogP contribution >= 0.6 is 23.4 Å². The van der Waals surface area contributed by atoms with Crippen molar-refractivity contribution in [1.82, 2.24) is 20.2 Å². The lowest BCUT2D eigenvalue weighted by atomic mass is 10.2. The van der Waals surface area contributed by atoms with E-state index in [2.05, 4.69) is 26.1 Å². The molecule has 10 heteroatoms. The highest BCUT2D eigenvalue weighted by Gasteiger charge is 2.20. The molecular weight excluding hydrogens is 400 g/mol. The van der Waals surface area contributed by atoms with Crippen LogP contribution in [-0.2, 0) is 9.53 Å². The lowest BCUT2D eigenvalue weighted by Gasteiger charge is -2.08. The molecule has 0 bridgehead atoms. The van der Waals surface area contributed by atoms with Crippen molar-refractivity contribution in [3.05, 3.63) is 59.1 Å². The summed E-state index contributed by atoms with van der Waals surface area (Å²) in [5.74, 6) is -0.583. The zero-order valence-electron chi connectivity index (χ0n) is 15.2. The number of carbonyl (C=O) groups excluding carboxylic acids is 1. The predicted molar refractivity (Wildman–Crippen MR) is 109 cm³/mol. The van der Waals surface area contributed by atoms with E-state index in [1.807, 2.05) is 31.2 Å². The first-order valence-corrected chi connectivity index (χ1v) is 9.56. The number of halogens is 1. The van der Waals surface area contributed by atoms with E-state index in [0.717, 1.165) is 23.0 Å². The number of nitrogens with one attached hydrogen (secondary N) is 1. The predicted octanol–water partition coefficient (Wildman–Crippen LogP) is 3.70. The first-order chi connectivity index (χ1) is 13.6. The maximum absolute atomic E-state index is 12.3. The van der Waals surface area contributed by atoms with E-state index >= 15 is 0 Å². The Balaban J connectivity index is 1.86. The summed E-state index contributed by atoms with van der Waals surface area (Å²) in [6, 6.07) is 14.7. The number of hydrogen-bond acceptors (Lipinski definition) is 8. The SMILES string of the molecule is CCOC(=O)C(=NNc1cccc(Cl)c1)Sc1nnnn1-c1ccc(C)cc1. The van der Waals surface area contributed by atoms with Gasteiger partial charge in [-0.2, -0.15) is 9.78 Å². The van der Waals surface area contributed by atoms with Crippen LogP contribution in [0.4, 0.5) is 5.69 Å². The van der Waals surface area contributed by atoms with Crippen LogP contribution in [0.15, 0.2) is 58.8 Å². The molecule has 28 heavy (non-hydrogen) atoms. The van der Waals surface area contributed by atoms with Crippen LogP contribution in [-0.4, -0.2) is 37.8 Å². The Morgan fingerprint density at radius 1 is 1.29 bits per heavy atom. The van der Waals surface area contributed by atoms with Crippen LogP contribution in [0.3, 0.4) is 0 Å². The van der Waals surface area contributed by atoms with Gasteiger partial charge in [-0.1, -0.05) is 35.4 Å². The molecule has 0 fully saturated rings. The molecule has 0 saturated carbocycles. The van der Waals surface area contributed by atoms with Gasteiger partial charge in [0.15, 0.2) is 0 Å². The summed E-state index contributed by atoms with van der Waals surface area (Å²) in [4.78, 5) is 12.3. The van der Waals surface area contributed by atoms with Crippen molar-refractivity contribution in [3.63, 3.8) is 0 Å². The fourth-order valence-electron chi connectivity index (χ4n) is 2.15. The van der Waals surface area contributed by atoms with Crippen molar-refractivity contribution in [2.45, 2.75) is 19.0 Å². The molecule has 3 aromatic rings. The topological polar surface area (TPSA) is 94.3 Å². The van der Waals surface area contributed by atoms with Gasteiger partial charge in [0.1, 0.15) is 0 Å². The molecule has 2 aromatic carbocycles. The second kappa shape index (κ2) is 9.34. The number of esters is 1.